The molecule has 194 valence electrons. The second-order valence-corrected chi connectivity index (χ2v) is 7.74. The van der Waals surface area contributed by atoms with Gasteiger partial charge >= 0.3 is 5.69 Å². The fraction of sp³-hybridized carbons (Fsp3) is 0.375. The Morgan fingerprint density at radius 2 is 1.58 bits per heavy atom. The highest BCUT2D eigenvalue weighted by molar-refractivity contribution is 5.97. The van der Waals surface area contributed by atoms with Gasteiger partial charge in [0.2, 0.25) is 17.7 Å². The normalized spacial score (nSPS) is 11.4. The van der Waals surface area contributed by atoms with Crippen LogP contribution in [0.2, 0.25) is 0 Å². The van der Waals surface area contributed by atoms with Crippen molar-refractivity contribution in [2.24, 2.45) is 0 Å². The van der Waals surface area contributed by atoms with Crippen molar-refractivity contribution < 1.29 is 39.7 Å². The molecule has 2 aromatic rings. The van der Waals surface area contributed by atoms with Crippen molar-refractivity contribution in [3.8, 4) is 0 Å². The molecular weight excluding hydrogens is 470 g/mol. The Morgan fingerprint density at radius 3 is 2.25 bits per heavy atom. The maximum atomic E-state index is 12.9. The van der Waals surface area contributed by atoms with Gasteiger partial charge in [-0.25, -0.2) is 5.21 Å². The summed E-state index contributed by atoms with van der Waals surface area (Å²) in [5, 5.41) is 16.9. The molecule has 0 aliphatic carbocycles. The molecule has 12 nitrogen and oxygen atoms in total. The summed E-state index contributed by atoms with van der Waals surface area (Å²) >= 11 is 0. The van der Waals surface area contributed by atoms with Gasteiger partial charge in [0.25, 0.3) is 4.92 Å². The first-order valence-electron chi connectivity index (χ1n) is 11.5. The first-order valence-corrected chi connectivity index (χ1v) is 11.5. The van der Waals surface area contributed by atoms with E-state index < -0.39 is 17.9 Å². The van der Waals surface area contributed by atoms with Crippen LogP contribution < -0.4 is 21.7 Å². The maximum absolute atomic E-state index is 12.9. The molecule has 0 aliphatic heterocycles. The van der Waals surface area contributed by atoms with Crippen LogP contribution in [0.5, 0.6) is 0 Å². The van der Waals surface area contributed by atoms with Gasteiger partial charge in [0.15, 0.2) is 0 Å². The largest absolute Gasteiger partial charge is 0.373 e. The summed E-state index contributed by atoms with van der Waals surface area (Å²) < 4.78 is 10.4. The highest BCUT2D eigenvalue weighted by atomic mass is 16.6. The van der Waals surface area contributed by atoms with Crippen LogP contribution in [0.1, 0.15) is 18.4 Å². The van der Waals surface area contributed by atoms with Gasteiger partial charge in [-0.1, -0.05) is 30.3 Å². The van der Waals surface area contributed by atoms with Gasteiger partial charge in [0.1, 0.15) is 12.8 Å². The predicted molar refractivity (Wildman–Crippen MR) is 129 cm³/mol. The van der Waals surface area contributed by atoms with Crippen LogP contribution in [0.3, 0.4) is 0 Å². The lowest BCUT2D eigenvalue weighted by molar-refractivity contribution is -0.729. The smallest absolute Gasteiger partial charge is 0.316 e. The standard InChI is InChI=1S/C24H31N5O7/c25-12-13-35-14-15-36-17-26-22(30)10-11-23(31)28-21(16-18-4-2-1-3-5-18)24(32)27-19-6-8-20(9-7-19)29(33)34/h1-9,21H,10-17,25H2,(H3-,26,27,28,30,31,32,33,34)/p+2/t21-/m0/s1. The summed E-state index contributed by atoms with van der Waals surface area (Å²) in [5.74, 6) is -1.28. The highest BCUT2D eigenvalue weighted by Gasteiger charge is 2.22. The Morgan fingerprint density at radius 1 is 0.917 bits per heavy atom. The number of hydrogen-bond donors (Lipinski definition) is 5. The second-order valence-electron chi connectivity index (χ2n) is 7.74. The summed E-state index contributed by atoms with van der Waals surface area (Å²) in [5.41, 5.74) is 4.88. The fourth-order valence-corrected chi connectivity index (χ4v) is 3.07. The Hall–Kier alpha value is -3.87. The monoisotopic (exact) mass is 503 g/mol. The molecule has 2 rings (SSSR count). The number of anilines is 1. The molecular formula is C24H33N5O7+2. The summed E-state index contributed by atoms with van der Waals surface area (Å²) in [6.07, 6.45) is 0.0560. The van der Waals surface area contributed by atoms with E-state index in [4.69, 9.17) is 14.7 Å². The summed E-state index contributed by atoms with van der Waals surface area (Å²) in [4.78, 5) is 48.1. The quantitative estimate of drug-likeness (QED) is 0.124. The van der Waals surface area contributed by atoms with Crippen molar-refractivity contribution in [3.05, 3.63) is 65.1 Å². The molecule has 0 spiro atoms. The second kappa shape index (κ2) is 15.9. The topological polar surface area (TPSA) is 174 Å². The summed E-state index contributed by atoms with van der Waals surface area (Å²) in [6, 6.07) is 13.9. The van der Waals surface area contributed by atoms with E-state index in [1.807, 2.05) is 30.3 Å². The van der Waals surface area contributed by atoms with Crippen molar-refractivity contribution in [2.75, 3.05) is 38.4 Å². The Labute approximate surface area is 208 Å². The number of benzene rings is 2. The lowest BCUT2D eigenvalue weighted by atomic mass is 10.0. The summed E-state index contributed by atoms with van der Waals surface area (Å²) in [7, 11) is 0. The minimum Gasteiger partial charge on any atom is -0.373 e. The van der Waals surface area contributed by atoms with Crippen LogP contribution >= 0.6 is 0 Å². The van der Waals surface area contributed by atoms with Crippen molar-refractivity contribution in [1.82, 2.24) is 10.6 Å². The van der Waals surface area contributed by atoms with E-state index in [0.29, 0.717) is 32.1 Å². The molecule has 0 aromatic heterocycles. The minimum atomic E-state index is -0.904. The SMILES string of the molecule is [NH3+]CCOCCOCNC(=O)CCC(=O)N[C@@H](Cc1ccccc1)C(=O)Nc1ccc([N+](=O)O)cc1. The molecule has 0 radical (unpaired) electrons. The first kappa shape index (κ1) is 28.4. The van der Waals surface area contributed by atoms with E-state index in [1.54, 1.807) is 0 Å². The molecule has 12 heteroatoms. The zero-order valence-corrected chi connectivity index (χ0v) is 20.0. The van der Waals surface area contributed by atoms with E-state index >= 15 is 0 Å². The van der Waals surface area contributed by atoms with Crippen LogP contribution in [0.15, 0.2) is 54.6 Å². The van der Waals surface area contributed by atoms with Gasteiger partial charge < -0.3 is 31.2 Å². The van der Waals surface area contributed by atoms with Gasteiger partial charge in [0, 0.05) is 37.1 Å². The Balaban J connectivity index is 1.86. The van der Waals surface area contributed by atoms with Crippen LogP contribution in [-0.2, 0) is 30.3 Å². The third-order valence-electron chi connectivity index (χ3n) is 4.90. The number of nitrogens with zero attached hydrogens (tertiary/aromatic N) is 1. The minimum absolute atomic E-state index is 0.00635. The van der Waals surface area contributed by atoms with Crippen molar-refractivity contribution >= 4 is 29.1 Å². The number of nitrogens with one attached hydrogen (secondary N) is 3. The van der Waals surface area contributed by atoms with Gasteiger partial charge in [-0.3, -0.25) is 14.4 Å². The molecule has 7 N–H and O–H groups in total. The molecule has 0 unspecified atom stereocenters. The van der Waals surface area contributed by atoms with Gasteiger partial charge in [-0.15, -0.1) is 0 Å². The molecule has 0 saturated heterocycles. The molecule has 3 amide bonds. The number of hydrogen-bond acceptors (Lipinski definition) is 6. The van der Waals surface area contributed by atoms with Crippen molar-refractivity contribution in [2.45, 2.75) is 25.3 Å². The van der Waals surface area contributed by atoms with E-state index in [9.17, 15) is 19.3 Å². The number of rotatable bonds is 16. The van der Waals surface area contributed by atoms with E-state index in [2.05, 4.69) is 21.7 Å². The molecule has 0 fully saturated rings. The van der Waals surface area contributed by atoms with E-state index in [0.717, 1.165) is 5.56 Å². The number of quaternary nitrogens is 1. The van der Waals surface area contributed by atoms with Gasteiger partial charge in [-0.2, -0.15) is 0 Å². The van der Waals surface area contributed by atoms with Crippen molar-refractivity contribution in [1.29, 1.82) is 0 Å². The maximum Gasteiger partial charge on any atom is 0.316 e. The van der Waals surface area contributed by atoms with Gasteiger partial charge in [0.05, 0.1) is 31.3 Å². The third-order valence-corrected chi connectivity index (χ3v) is 4.90. The molecule has 2 aromatic carbocycles. The molecule has 1 atom stereocenters. The lowest BCUT2D eigenvalue weighted by Crippen LogP contribution is -2.52. The van der Waals surface area contributed by atoms with Crippen LogP contribution in [0.4, 0.5) is 11.4 Å². The van der Waals surface area contributed by atoms with Gasteiger partial charge in [-0.05, 0) is 17.7 Å². The molecule has 0 heterocycles. The van der Waals surface area contributed by atoms with Crippen LogP contribution in [0.25, 0.3) is 0 Å². The highest BCUT2D eigenvalue weighted by Crippen LogP contribution is 2.15. The first-order chi connectivity index (χ1) is 17.4. The molecule has 36 heavy (non-hydrogen) atoms. The van der Waals surface area contributed by atoms with E-state index in [1.165, 1.54) is 24.3 Å². The average molecular weight is 504 g/mol. The zero-order valence-electron chi connectivity index (χ0n) is 20.0. The number of ether oxygens (including phenoxy) is 2. The number of carbonyl (C=O) groups is 3. The lowest BCUT2D eigenvalue weighted by Gasteiger charge is -2.19. The predicted octanol–water partition coefficient (Wildman–Crippen LogP) is 0.281. The molecule has 0 aliphatic rings. The Kier molecular flexibility index (Phi) is 12.5. The molecule has 0 bridgehead atoms. The molecule has 0 saturated carbocycles. The zero-order chi connectivity index (χ0) is 26.2. The summed E-state index contributed by atoms with van der Waals surface area (Å²) in [6.45, 7) is 1.96. The van der Waals surface area contributed by atoms with Crippen molar-refractivity contribution in [3.63, 3.8) is 0 Å². The number of carbonyl (C=O) groups excluding carboxylic acids is 3. The average Bonchev–Trinajstić information content (AvgIpc) is 2.87. The fourth-order valence-electron chi connectivity index (χ4n) is 3.07. The van der Waals surface area contributed by atoms with Crippen LogP contribution in [-0.4, -0.2) is 67.0 Å². The van der Waals surface area contributed by atoms with Crippen LogP contribution in [0, 0.1) is 4.91 Å². The third kappa shape index (κ3) is 11.0. The Bertz CT molecular complexity index is 986. The van der Waals surface area contributed by atoms with E-state index in [-0.39, 0.29) is 42.5 Å². The number of amides is 3.